The number of H-pyrrole nitrogens is 1. The summed E-state index contributed by atoms with van der Waals surface area (Å²) in [6.07, 6.45) is 4.77. The highest BCUT2D eigenvalue weighted by Crippen LogP contribution is 2.07. The van der Waals surface area contributed by atoms with Gasteiger partial charge in [-0.25, -0.2) is 0 Å². The molecule has 21 heavy (non-hydrogen) atoms. The average Bonchev–Trinajstić information content (AvgIpc) is 2.54. The molecule has 0 spiro atoms. The number of nitrogens with zero attached hydrogens (tertiary/aromatic N) is 1. The van der Waals surface area contributed by atoms with Gasteiger partial charge in [-0.1, -0.05) is 12.1 Å². The Hall–Kier alpha value is -2.95. The average molecular weight is 279 g/mol. The number of pyridine rings is 2. The number of benzene rings is 1. The van der Waals surface area contributed by atoms with Crippen LogP contribution >= 0.6 is 0 Å². The SMILES string of the molecule is O=C(NCc1ccncc1)c1c[nH]c2ccccc2c1=O. The second-order valence-corrected chi connectivity index (χ2v) is 4.62. The van der Waals surface area contributed by atoms with Crippen molar-refractivity contribution in [1.29, 1.82) is 0 Å². The third-order valence-corrected chi connectivity index (χ3v) is 3.24. The molecule has 3 aromatic rings. The Morgan fingerprint density at radius 2 is 1.90 bits per heavy atom. The van der Waals surface area contributed by atoms with Crippen molar-refractivity contribution in [2.24, 2.45) is 0 Å². The molecule has 0 bridgehead atoms. The second-order valence-electron chi connectivity index (χ2n) is 4.62. The van der Waals surface area contributed by atoms with E-state index in [1.54, 1.807) is 30.6 Å². The van der Waals surface area contributed by atoms with Crippen LogP contribution in [-0.2, 0) is 6.54 Å². The summed E-state index contributed by atoms with van der Waals surface area (Å²) in [5, 5.41) is 3.24. The maximum atomic E-state index is 12.3. The summed E-state index contributed by atoms with van der Waals surface area (Å²) >= 11 is 0. The molecule has 0 radical (unpaired) electrons. The van der Waals surface area contributed by atoms with E-state index in [-0.39, 0.29) is 16.9 Å². The summed E-state index contributed by atoms with van der Waals surface area (Å²) in [6, 6.07) is 10.7. The van der Waals surface area contributed by atoms with Gasteiger partial charge in [-0.3, -0.25) is 14.6 Å². The predicted molar refractivity (Wildman–Crippen MR) is 80.0 cm³/mol. The Kier molecular flexibility index (Phi) is 3.47. The molecular weight excluding hydrogens is 266 g/mol. The van der Waals surface area contributed by atoms with Crippen molar-refractivity contribution in [3.63, 3.8) is 0 Å². The molecule has 0 saturated heterocycles. The van der Waals surface area contributed by atoms with Gasteiger partial charge in [0.15, 0.2) is 0 Å². The first-order chi connectivity index (χ1) is 10.3. The van der Waals surface area contributed by atoms with Gasteiger partial charge in [-0.15, -0.1) is 0 Å². The normalized spacial score (nSPS) is 10.5. The number of fused-ring (bicyclic) bond motifs is 1. The number of hydrogen-bond donors (Lipinski definition) is 2. The van der Waals surface area contributed by atoms with Crippen LogP contribution in [0, 0.1) is 0 Å². The minimum absolute atomic E-state index is 0.114. The van der Waals surface area contributed by atoms with Crippen LogP contribution in [0.25, 0.3) is 10.9 Å². The van der Waals surface area contributed by atoms with Gasteiger partial charge in [-0.05, 0) is 29.8 Å². The van der Waals surface area contributed by atoms with E-state index in [0.29, 0.717) is 17.4 Å². The second kappa shape index (κ2) is 5.58. The zero-order valence-electron chi connectivity index (χ0n) is 11.2. The number of carbonyl (C=O) groups excluding carboxylic acids is 1. The Bertz CT molecular complexity index is 841. The molecule has 0 atom stereocenters. The molecule has 0 aliphatic rings. The molecule has 1 amide bonds. The molecule has 104 valence electrons. The van der Waals surface area contributed by atoms with Gasteiger partial charge in [0.1, 0.15) is 5.56 Å². The van der Waals surface area contributed by atoms with Crippen molar-refractivity contribution in [1.82, 2.24) is 15.3 Å². The maximum absolute atomic E-state index is 12.3. The van der Waals surface area contributed by atoms with Crippen LogP contribution < -0.4 is 10.7 Å². The summed E-state index contributed by atoms with van der Waals surface area (Å²) < 4.78 is 0. The van der Waals surface area contributed by atoms with Crippen molar-refractivity contribution in [2.45, 2.75) is 6.54 Å². The highest BCUT2D eigenvalue weighted by molar-refractivity contribution is 5.97. The van der Waals surface area contributed by atoms with Crippen LogP contribution in [0.2, 0.25) is 0 Å². The number of aromatic nitrogens is 2. The number of nitrogens with one attached hydrogen (secondary N) is 2. The summed E-state index contributed by atoms with van der Waals surface area (Å²) in [4.78, 5) is 31.3. The largest absolute Gasteiger partial charge is 0.360 e. The smallest absolute Gasteiger partial charge is 0.257 e. The van der Waals surface area contributed by atoms with E-state index in [2.05, 4.69) is 15.3 Å². The van der Waals surface area contributed by atoms with Gasteiger partial charge in [-0.2, -0.15) is 0 Å². The third kappa shape index (κ3) is 2.67. The molecule has 0 aliphatic heterocycles. The first-order valence-electron chi connectivity index (χ1n) is 6.53. The van der Waals surface area contributed by atoms with Crippen LogP contribution in [0.15, 0.2) is 59.8 Å². The third-order valence-electron chi connectivity index (χ3n) is 3.24. The number of aromatic amines is 1. The molecule has 0 aliphatic carbocycles. The van der Waals surface area contributed by atoms with Gasteiger partial charge < -0.3 is 10.3 Å². The Morgan fingerprint density at radius 1 is 1.14 bits per heavy atom. The molecule has 2 heterocycles. The van der Waals surface area contributed by atoms with Crippen LogP contribution in [0.3, 0.4) is 0 Å². The van der Waals surface area contributed by atoms with Gasteiger partial charge in [0.05, 0.1) is 0 Å². The van der Waals surface area contributed by atoms with E-state index in [1.165, 1.54) is 6.20 Å². The minimum Gasteiger partial charge on any atom is -0.360 e. The zero-order chi connectivity index (χ0) is 14.7. The highest BCUT2D eigenvalue weighted by Gasteiger charge is 2.12. The number of hydrogen-bond acceptors (Lipinski definition) is 3. The fraction of sp³-hybridized carbons (Fsp3) is 0.0625. The maximum Gasteiger partial charge on any atom is 0.257 e. The van der Waals surface area contributed by atoms with E-state index < -0.39 is 0 Å². The zero-order valence-corrected chi connectivity index (χ0v) is 11.2. The molecule has 0 fully saturated rings. The lowest BCUT2D eigenvalue weighted by Crippen LogP contribution is -2.28. The lowest BCUT2D eigenvalue weighted by Gasteiger charge is -2.06. The number of amides is 1. The minimum atomic E-state index is -0.390. The van der Waals surface area contributed by atoms with E-state index in [9.17, 15) is 9.59 Å². The van der Waals surface area contributed by atoms with Gasteiger partial charge in [0.2, 0.25) is 5.43 Å². The lowest BCUT2D eigenvalue weighted by atomic mass is 10.1. The molecule has 5 heteroatoms. The predicted octanol–water partition coefficient (Wildman–Crippen LogP) is 1.85. The van der Waals surface area contributed by atoms with E-state index in [0.717, 1.165) is 5.56 Å². The number of carbonyl (C=O) groups is 1. The van der Waals surface area contributed by atoms with Crippen molar-refractivity contribution in [3.05, 3.63) is 76.3 Å². The van der Waals surface area contributed by atoms with Crippen LogP contribution in [0.5, 0.6) is 0 Å². The van der Waals surface area contributed by atoms with Crippen molar-refractivity contribution < 1.29 is 4.79 Å². The van der Waals surface area contributed by atoms with E-state index in [4.69, 9.17) is 0 Å². The van der Waals surface area contributed by atoms with Gasteiger partial charge in [0, 0.05) is 36.0 Å². The van der Waals surface area contributed by atoms with Gasteiger partial charge in [0.25, 0.3) is 5.91 Å². The van der Waals surface area contributed by atoms with Crippen molar-refractivity contribution >= 4 is 16.8 Å². The summed E-state index contributed by atoms with van der Waals surface area (Å²) in [5.41, 5.74) is 1.49. The molecule has 2 N–H and O–H groups in total. The molecule has 5 nitrogen and oxygen atoms in total. The van der Waals surface area contributed by atoms with E-state index >= 15 is 0 Å². The van der Waals surface area contributed by atoms with Gasteiger partial charge >= 0.3 is 0 Å². The van der Waals surface area contributed by atoms with Crippen LogP contribution in [0.4, 0.5) is 0 Å². The number of para-hydroxylation sites is 1. The number of rotatable bonds is 3. The Balaban J connectivity index is 1.85. The van der Waals surface area contributed by atoms with Crippen molar-refractivity contribution in [3.8, 4) is 0 Å². The van der Waals surface area contributed by atoms with E-state index in [1.807, 2.05) is 18.2 Å². The molecule has 0 unspecified atom stereocenters. The highest BCUT2D eigenvalue weighted by atomic mass is 16.2. The summed E-state index contributed by atoms with van der Waals surface area (Å²) in [7, 11) is 0. The lowest BCUT2D eigenvalue weighted by molar-refractivity contribution is 0.0949. The Labute approximate surface area is 120 Å². The van der Waals surface area contributed by atoms with Crippen LogP contribution in [-0.4, -0.2) is 15.9 Å². The first kappa shape index (κ1) is 13.1. The molecule has 0 saturated carbocycles. The summed E-state index contributed by atoms with van der Waals surface area (Å²) in [5.74, 6) is -0.390. The molecular formula is C16H13N3O2. The fourth-order valence-corrected chi connectivity index (χ4v) is 2.11. The monoisotopic (exact) mass is 279 g/mol. The molecule has 1 aromatic carbocycles. The van der Waals surface area contributed by atoms with Crippen molar-refractivity contribution in [2.75, 3.05) is 0 Å². The molecule has 3 rings (SSSR count). The first-order valence-corrected chi connectivity index (χ1v) is 6.53. The topological polar surface area (TPSA) is 74.8 Å². The van der Waals surface area contributed by atoms with Crippen LogP contribution in [0.1, 0.15) is 15.9 Å². The quantitative estimate of drug-likeness (QED) is 0.768. The Morgan fingerprint density at radius 3 is 2.71 bits per heavy atom. The fourth-order valence-electron chi connectivity index (χ4n) is 2.11. The summed E-state index contributed by atoms with van der Waals surface area (Å²) in [6.45, 7) is 0.355. The molecule has 2 aromatic heterocycles. The standard InChI is InChI=1S/C16H13N3O2/c20-15-12-3-1-2-4-14(12)18-10-13(15)16(21)19-9-11-5-7-17-8-6-11/h1-8,10H,9H2,(H,18,20)(H,19,21).